The maximum Gasteiger partial charge on any atom is 0.257 e. The minimum Gasteiger partial charge on any atom is -0.340 e. The molecule has 172 valence electrons. The first kappa shape index (κ1) is 21.6. The van der Waals surface area contributed by atoms with E-state index < -0.39 is 5.66 Å². The van der Waals surface area contributed by atoms with Crippen LogP contribution in [0.25, 0.3) is 0 Å². The molecule has 2 aromatic rings. The standard InChI is InChI=1S/C25H29N5O3/c1-25-10-8-23(32)30(25)21-7-3-2-6-20(21)24(33)29(25)12-9-22(31)28-15-13-27(14-16-28)18-19-5-4-11-26-17-19/h2-7,11,17H,8-10,12-16,18H2,1H3. The highest BCUT2D eigenvalue weighted by Crippen LogP contribution is 2.43. The van der Waals surface area contributed by atoms with Crippen molar-refractivity contribution in [2.24, 2.45) is 0 Å². The van der Waals surface area contributed by atoms with Gasteiger partial charge in [0, 0.05) is 64.5 Å². The molecule has 3 amide bonds. The smallest absolute Gasteiger partial charge is 0.257 e. The zero-order valence-electron chi connectivity index (χ0n) is 18.9. The monoisotopic (exact) mass is 447 g/mol. The van der Waals surface area contributed by atoms with Crippen molar-refractivity contribution in [2.75, 3.05) is 37.6 Å². The van der Waals surface area contributed by atoms with Crippen LogP contribution in [-0.2, 0) is 16.1 Å². The van der Waals surface area contributed by atoms with Crippen LogP contribution in [0.2, 0.25) is 0 Å². The summed E-state index contributed by atoms with van der Waals surface area (Å²) in [5, 5.41) is 0. The summed E-state index contributed by atoms with van der Waals surface area (Å²) >= 11 is 0. The molecular weight excluding hydrogens is 418 g/mol. The Balaban J connectivity index is 1.22. The molecule has 0 spiro atoms. The van der Waals surface area contributed by atoms with Crippen molar-refractivity contribution in [1.29, 1.82) is 0 Å². The molecule has 3 aliphatic rings. The zero-order valence-corrected chi connectivity index (χ0v) is 18.9. The molecule has 0 bridgehead atoms. The summed E-state index contributed by atoms with van der Waals surface area (Å²) in [6, 6.07) is 11.3. The molecule has 8 nitrogen and oxygen atoms in total. The van der Waals surface area contributed by atoms with Crippen molar-refractivity contribution >= 4 is 23.4 Å². The Hall–Kier alpha value is -3.26. The van der Waals surface area contributed by atoms with Gasteiger partial charge in [-0.3, -0.25) is 29.2 Å². The van der Waals surface area contributed by atoms with Gasteiger partial charge in [0.2, 0.25) is 11.8 Å². The Bertz CT molecular complexity index is 1070. The van der Waals surface area contributed by atoms with Gasteiger partial charge in [-0.1, -0.05) is 18.2 Å². The van der Waals surface area contributed by atoms with Crippen molar-refractivity contribution in [2.45, 2.75) is 38.4 Å². The van der Waals surface area contributed by atoms with Gasteiger partial charge < -0.3 is 9.80 Å². The van der Waals surface area contributed by atoms with Gasteiger partial charge in [-0.2, -0.15) is 0 Å². The summed E-state index contributed by atoms with van der Waals surface area (Å²) < 4.78 is 0. The number of hydrogen-bond donors (Lipinski definition) is 0. The number of nitrogens with zero attached hydrogens (tertiary/aromatic N) is 5. The number of hydrogen-bond acceptors (Lipinski definition) is 5. The van der Waals surface area contributed by atoms with Crippen LogP contribution in [0, 0.1) is 0 Å². The Morgan fingerprint density at radius 1 is 1.06 bits per heavy atom. The lowest BCUT2D eigenvalue weighted by Crippen LogP contribution is -2.62. The number of carbonyl (C=O) groups excluding carboxylic acids is 3. The Kier molecular flexibility index (Phi) is 5.62. The summed E-state index contributed by atoms with van der Waals surface area (Å²) in [5.41, 5.74) is 1.66. The van der Waals surface area contributed by atoms with E-state index in [-0.39, 0.29) is 24.1 Å². The van der Waals surface area contributed by atoms with Gasteiger partial charge in [-0.15, -0.1) is 0 Å². The van der Waals surface area contributed by atoms with Crippen LogP contribution in [-0.4, -0.2) is 75.8 Å². The first-order chi connectivity index (χ1) is 16.0. The van der Waals surface area contributed by atoms with Gasteiger partial charge in [0.15, 0.2) is 0 Å². The number of anilines is 1. The van der Waals surface area contributed by atoms with Gasteiger partial charge in [0.05, 0.1) is 11.3 Å². The molecular formula is C25H29N5O3. The SMILES string of the molecule is CC12CCC(=O)N1c1ccccc1C(=O)N2CCC(=O)N1CCN(Cc2cccnc2)CC1. The van der Waals surface area contributed by atoms with Crippen LogP contribution >= 0.6 is 0 Å². The molecule has 5 rings (SSSR count). The third-order valence-corrected chi connectivity index (χ3v) is 7.15. The van der Waals surface area contributed by atoms with Crippen molar-refractivity contribution in [3.8, 4) is 0 Å². The predicted octanol–water partition coefficient (Wildman–Crippen LogP) is 2.11. The average Bonchev–Trinajstić information content (AvgIpc) is 3.15. The van der Waals surface area contributed by atoms with E-state index >= 15 is 0 Å². The van der Waals surface area contributed by atoms with E-state index in [1.165, 1.54) is 5.56 Å². The Morgan fingerprint density at radius 2 is 1.85 bits per heavy atom. The molecule has 0 aliphatic carbocycles. The van der Waals surface area contributed by atoms with Crippen LogP contribution in [0.1, 0.15) is 42.1 Å². The van der Waals surface area contributed by atoms with Crippen molar-refractivity contribution in [3.63, 3.8) is 0 Å². The molecule has 2 saturated heterocycles. The molecule has 1 aromatic heterocycles. The number of para-hydroxylation sites is 1. The highest BCUT2D eigenvalue weighted by atomic mass is 16.2. The van der Waals surface area contributed by atoms with Crippen LogP contribution in [0.5, 0.6) is 0 Å². The van der Waals surface area contributed by atoms with E-state index in [1.54, 1.807) is 22.1 Å². The third-order valence-electron chi connectivity index (χ3n) is 7.15. The van der Waals surface area contributed by atoms with Crippen molar-refractivity contribution in [3.05, 3.63) is 59.9 Å². The summed E-state index contributed by atoms with van der Waals surface area (Å²) in [7, 11) is 0. The topological polar surface area (TPSA) is 77.1 Å². The molecule has 2 fully saturated rings. The van der Waals surface area contributed by atoms with Crippen molar-refractivity contribution in [1.82, 2.24) is 19.7 Å². The van der Waals surface area contributed by atoms with E-state index in [0.717, 1.165) is 19.6 Å². The van der Waals surface area contributed by atoms with Crippen LogP contribution in [0.4, 0.5) is 5.69 Å². The maximum atomic E-state index is 13.3. The summed E-state index contributed by atoms with van der Waals surface area (Å²) in [6.07, 6.45) is 4.89. The van der Waals surface area contributed by atoms with E-state index in [0.29, 0.717) is 43.7 Å². The number of rotatable bonds is 5. The van der Waals surface area contributed by atoms with E-state index in [9.17, 15) is 14.4 Å². The molecule has 1 aromatic carbocycles. The fourth-order valence-electron chi connectivity index (χ4n) is 5.31. The minimum absolute atomic E-state index is 0.0264. The highest BCUT2D eigenvalue weighted by molar-refractivity contribution is 6.10. The third kappa shape index (κ3) is 3.88. The summed E-state index contributed by atoms with van der Waals surface area (Å²) in [4.78, 5) is 50.9. The number of carbonyl (C=O) groups is 3. The fraction of sp³-hybridized carbons (Fsp3) is 0.440. The number of pyridine rings is 1. The lowest BCUT2D eigenvalue weighted by Gasteiger charge is -2.48. The number of fused-ring (bicyclic) bond motifs is 3. The summed E-state index contributed by atoms with van der Waals surface area (Å²) in [5.74, 6) is -0.0196. The van der Waals surface area contributed by atoms with Crippen molar-refractivity contribution < 1.29 is 14.4 Å². The Morgan fingerprint density at radius 3 is 2.61 bits per heavy atom. The van der Waals surface area contributed by atoms with E-state index in [1.807, 2.05) is 42.3 Å². The second kappa shape index (κ2) is 8.59. The lowest BCUT2D eigenvalue weighted by molar-refractivity contribution is -0.133. The first-order valence-corrected chi connectivity index (χ1v) is 11.6. The minimum atomic E-state index is -0.717. The highest BCUT2D eigenvalue weighted by Gasteiger charge is 2.52. The van der Waals surface area contributed by atoms with Crippen LogP contribution in [0.15, 0.2) is 48.8 Å². The maximum absolute atomic E-state index is 13.3. The van der Waals surface area contributed by atoms with E-state index in [2.05, 4.69) is 16.0 Å². The van der Waals surface area contributed by atoms with Gasteiger partial charge in [-0.25, -0.2) is 0 Å². The van der Waals surface area contributed by atoms with Gasteiger partial charge >= 0.3 is 0 Å². The van der Waals surface area contributed by atoms with Gasteiger partial charge in [-0.05, 0) is 37.1 Å². The second-order valence-corrected chi connectivity index (χ2v) is 9.19. The first-order valence-electron chi connectivity index (χ1n) is 11.6. The number of amides is 3. The largest absolute Gasteiger partial charge is 0.340 e. The second-order valence-electron chi connectivity index (χ2n) is 9.19. The van der Waals surface area contributed by atoms with Gasteiger partial charge in [0.25, 0.3) is 5.91 Å². The Labute approximate surface area is 193 Å². The molecule has 0 saturated carbocycles. The fourth-order valence-corrected chi connectivity index (χ4v) is 5.31. The van der Waals surface area contributed by atoms with Crippen LogP contribution < -0.4 is 4.90 Å². The zero-order chi connectivity index (χ0) is 23.0. The number of aromatic nitrogens is 1. The van der Waals surface area contributed by atoms with Gasteiger partial charge in [0.1, 0.15) is 5.66 Å². The lowest BCUT2D eigenvalue weighted by atomic mass is 9.98. The van der Waals surface area contributed by atoms with E-state index in [4.69, 9.17) is 0 Å². The quantitative estimate of drug-likeness (QED) is 0.702. The molecule has 8 heteroatoms. The van der Waals surface area contributed by atoms with Crippen LogP contribution in [0.3, 0.4) is 0 Å². The molecule has 1 atom stereocenters. The molecule has 33 heavy (non-hydrogen) atoms. The molecule has 4 heterocycles. The number of piperazine rings is 1. The molecule has 0 N–H and O–H groups in total. The normalized spacial score (nSPS) is 23.0. The number of benzene rings is 1. The molecule has 0 radical (unpaired) electrons. The summed E-state index contributed by atoms with van der Waals surface area (Å²) in [6.45, 7) is 6.07. The molecule has 1 unspecified atom stereocenters. The molecule has 3 aliphatic heterocycles. The predicted molar refractivity (Wildman–Crippen MR) is 123 cm³/mol. The average molecular weight is 448 g/mol.